The highest BCUT2D eigenvalue weighted by molar-refractivity contribution is 5.36. The van der Waals surface area contributed by atoms with Crippen LogP contribution in [0.1, 0.15) is 34.6 Å². The van der Waals surface area contributed by atoms with E-state index in [2.05, 4.69) is 58.8 Å². The summed E-state index contributed by atoms with van der Waals surface area (Å²) < 4.78 is 0. The molecule has 2 atom stereocenters. The van der Waals surface area contributed by atoms with Gasteiger partial charge in [-0.25, -0.2) is 0 Å². The molecule has 0 saturated heterocycles. The van der Waals surface area contributed by atoms with Crippen molar-refractivity contribution in [1.29, 1.82) is 0 Å². The molecule has 0 aromatic carbocycles. The van der Waals surface area contributed by atoms with Crippen LogP contribution in [0, 0.1) is 29.1 Å². The molecule has 0 radical (unpaired) electrons. The summed E-state index contributed by atoms with van der Waals surface area (Å²) in [5.41, 5.74) is 1.51. The SMILES string of the molecule is C#CC1(C)C=CC(C(C)(C)C)=CC1C. The molecule has 0 heterocycles. The van der Waals surface area contributed by atoms with Crippen LogP contribution in [0.3, 0.4) is 0 Å². The average Bonchev–Trinajstić information content (AvgIpc) is 2.08. The van der Waals surface area contributed by atoms with Crippen LogP contribution < -0.4 is 0 Å². The highest BCUT2D eigenvalue weighted by atomic mass is 14.3. The van der Waals surface area contributed by atoms with Gasteiger partial charge in [0.15, 0.2) is 0 Å². The van der Waals surface area contributed by atoms with Gasteiger partial charge in [-0.3, -0.25) is 0 Å². The number of terminal acetylenes is 1. The molecule has 0 nitrogen and oxygen atoms in total. The summed E-state index contributed by atoms with van der Waals surface area (Å²) in [5.74, 6) is 3.29. The molecule has 0 aliphatic heterocycles. The normalized spacial score (nSPS) is 32.3. The summed E-state index contributed by atoms with van der Waals surface area (Å²) >= 11 is 0. The van der Waals surface area contributed by atoms with Crippen LogP contribution in [0.5, 0.6) is 0 Å². The molecule has 1 aliphatic rings. The van der Waals surface area contributed by atoms with Crippen molar-refractivity contribution in [2.24, 2.45) is 16.7 Å². The van der Waals surface area contributed by atoms with Crippen molar-refractivity contribution in [2.75, 3.05) is 0 Å². The topological polar surface area (TPSA) is 0 Å². The average molecular weight is 188 g/mol. The second kappa shape index (κ2) is 3.31. The molecule has 0 aromatic rings. The Morgan fingerprint density at radius 2 is 2.00 bits per heavy atom. The Hall–Kier alpha value is -0.960. The summed E-state index contributed by atoms with van der Waals surface area (Å²) in [5, 5.41) is 0. The molecule has 0 aromatic heterocycles. The van der Waals surface area contributed by atoms with E-state index in [9.17, 15) is 0 Å². The third-order valence-electron chi connectivity index (χ3n) is 3.16. The van der Waals surface area contributed by atoms with Crippen molar-refractivity contribution < 1.29 is 0 Å². The van der Waals surface area contributed by atoms with Crippen LogP contribution in [-0.2, 0) is 0 Å². The monoisotopic (exact) mass is 188 g/mol. The predicted octanol–water partition coefficient (Wildman–Crippen LogP) is 3.80. The summed E-state index contributed by atoms with van der Waals surface area (Å²) in [7, 11) is 0. The van der Waals surface area contributed by atoms with E-state index in [1.807, 2.05) is 0 Å². The molecule has 2 unspecified atom stereocenters. The summed E-state index contributed by atoms with van der Waals surface area (Å²) in [6, 6.07) is 0. The molecular formula is C14H20. The van der Waals surface area contributed by atoms with Crippen molar-refractivity contribution >= 4 is 0 Å². The maximum absolute atomic E-state index is 5.55. The van der Waals surface area contributed by atoms with E-state index >= 15 is 0 Å². The molecule has 1 aliphatic carbocycles. The predicted molar refractivity (Wildman–Crippen MR) is 62.8 cm³/mol. The van der Waals surface area contributed by atoms with Gasteiger partial charge in [-0.2, -0.15) is 0 Å². The molecule has 0 fully saturated rings. The van der Waals surface area contributed by atoms with Gasteiger partial charge in [-0.05, 0) is 23.8 Å². The van der Waals surface area contributed by atoms with Crippen molar-refractivity contribution in [3.63, 3.8) is 0 Å². The number of allylic oxidation sites excluding steroid dienone is 4. The fourth-order valence-electron chi connectivity index (χ4n) is 1.59. The Kier molecular flexibility index (Phi) is 2.63. The van der Waals surface area contributed by atoms with E-state index in [4.69, 9.17) is 6.42 Å². The third-order valence-corrected chi connectivity index (χ3v) is 3.16. The van der Waals surface area contributed by atoms with E-state index in [1.54, 1.807) is 0 Å². The van der Waals surface area contributed by atoms with E-state index < -0.39 is 0 Å². The molecule has 0 bridgehead atoms. The minimum Gasteiger partial charge on any atom is -0.119 e. The Morgan fingerprint density at radius 3 is 2.36 bits per heavy atom. The van der Waals surface area contributed by atoms with E-state index in [-0.39, 0.29) is 10.8 Å². The summed E-state index contributed by atoms with van der Waals surface area (Å²) in [6.45, 7) is 11.0. The standard InChI is InChI=1S/C14H20/c1-7-14(6)9-8-12(10-11(14)2)13(3,4)5/h1,8-11H,2-6H3. The summed E-state index contributed by atoms with van der Waals surface area (Å²) in [6.07, 6.45) is 12.2. The first kappa shape index (κ1) is 11.1. The lowest BCUT2D eigenvalue weighted by Crippen LogP contribution is -2.24. The number of hydrogen-bond donors (Lipinski definition) is 0. The van der Waals surface area contributed by atoms with E-state index in [0.717, 1.165) is 0 Å². The maximum atomic E-state index is 5.55. The van der Waals surface area contributed by atoms with Gasteiger partial charge < -0.3 is 0 Å². The first-order valence-corrected chi connectivity index (χ1v) is 5.19. The lowest BCUT2D eigenvalue weighted by Gasteiger charge is -2.33. The summed E-state index contributed by atoms with van der Waals surface area (Å²) in [4.78, 5) is 0. The molecule has 76 valence electrons. The highest BCUT2D eigenvalue weighted by Crippen LogP contribution is 2.39. The minimum absolute atomic E-state index is 0.102. The Bertz CT molecular complexity index is 317. The fourth-order valence-corrected chi connectivity index (χ4v) is 1.59. The Morgan fingerprint density at radius 1 is 1.43 bits per heavy atom. The zero-order valence-electron chi connectivity index (χ0n) is 9.89. The van der Waals surface area contributed by atoms with Crippen LogP contribution in [0.4, 0.5) is 0 Å². The fraction of sp³-hybridized carbons (Fsp3) is 0.571. The molecule has 0 spiro atoms. The number of hydrogen-bond acceptors (Lipinski definition) is 0. The second-order valence-corrected chi connectivity index (χ2v) is 5.42. The zero-order chi connectivity index (χ0) is 11.0. The maximum Gasteiger partial charge on any atom is 0.0526 e. The molecule has 0 N–H and O–H groups in total. The van der Waals surface area contributed by atoms with E-state index in [1.165, 1.54) is 5.57 Å². The minimum atomic E-state index is -0.102. The van der Waals surface area contributed by atoms with Gasteiger partial charge in [-0.1, -0.05) is 51.8 Å². The lowest BCUT2D eigenvalue weighted by atomic mass is 9.71. The van der Waals surface area contributed by atoms with E-state index in [0.29, 0.717) is 5.92 Å². The van der Waals surface area contributed by atoms with Gasteiger partial charge in [0.25, 0.3) is 0 Å². The molecule has 0 amide bonds. The van der Waals surface area contributed by atoms with Gasteiger partial charge in [0.1, 0.15) is 0 Å². The van der Waals surface area contributed by atoms with Crippen LogP contribution in [0.25, 0.3) is 0 Å². The zero-order valence-corrected chi connectivity index (χ0v) is 9.89. The van der Waals surface area contributed by atoms with Gasteiger partial charge in [0.2, 0.25) is 0 Å². The Balaban J connectivity index is 3.01. The molecule has 14 heavy (non-hydrogen) atoms. The molecule has 0 heteroatoms. The van der Waals surface area contributed by atoms with Crippen LogP contribution >= 0.6 is 0 Å². The first-order chi connectivity index (χ1) is 6.29. The molecular weight excluding hydrogens is 168 g/mol. The first-order valence-electron chi connectivity index (χ1n) is 5.19. The largest absolute Gasteiger partial charge is 0.119 e. The van der Waals surface area contributed by atoms with Gasteiger partial charge in [0, 0.05) is 0 Å². The Labute approximate surface area is 88.1 Å². The lowest BCUT2D eigenvalue weighted by molar-refractivity contribution is 0.415. The smallest absolute Gasteiger partial charge is 0.0526 e. The van der Waals surface area contributed by atoms with Crippen LogP contribution in [0.2, 0.25) is 0 Å². The quantitative estimate of drug-likeness (QED) is 0.507. The van der Waals surface area contributed by atoms with Crippen molar-refractivity contribution in [2.45, 2.75) is 34.6 Å². The third kappa shape index (κ3) is 1.93. The van der Waals surface area contributed by atoms with Crippen molar-refractivity contribution in [1.82, 2.24) is 0 Å². The number of rotatable bonds is 0. The van der Waals surface area contributed by atoms with Crippen molar-refractivity contribution in [3.05, 3.63) is 23.8 Å². The van der Waals surface area contributed by atoms with Crippen molar-refractivity contribution in [3.8, 4) is 12.3 Å². The van der Waals surface area contributed by atoms with Crippen LogP contribution in [0.15, 0.2) is 23.8 Å². The van der Waals surface area contributed by atoms with Gasteiger partial charge >= 0.3 is 0 Å². The van der Waals surface area contributed by atoms with Crippen LogP contribution in [-0.4, -0.2) is 0 Å². The second-order valence-electron chi connectivity index (χ2n) is 5.42. The molecule has 0 saturated carbocycles. The molecule has 1 rings (SSSR count). The van der Waals surface area contributed by atoms with Gasteiger partial charge in [0.05, 0.1) is 5.41 Å². The van der Waals surface area contributed by atoms with Gasteiger partial charge in [-0.15, -0.1) is 6.42 Å². The highest BCUT2D eigenvalue weighted by Gasteiger charge is 2.29.